The zero-order valence-electron chi connectivity index (χ0n) is 11.8. The van der Waals surface area contributed by atoms with Crippen LogP contribution in [0.25, 0.3) is 0 Å². The highest BCUT2D eigenvalue weighted by Crippen LogP contribution is 2.14. The van der Waals surface area contributed by atoms with Gasteiger partial charge in [-0.25, -0.2) is 4.79 Å². The number of nitrogens with zero attached hydrogens (tertiary/aromatic N) is 2. The highest BCUT2D eigenvalue weighted by atomic mass is 16.4. The van der Waals surface area contributed by atoms with Gasteiger partial charge in [0.25, 0.3) is 5.91 Å². The molecule has 3 amide bonds. The summed E-state index contributed by atoms with van der Waals surface area (Å²) < 4.78 is 0. The molecule has 2 heterocycles. The maximum Gasteiger partial charge on any atom is 0.405 e. The van der Waals surface area contributed by atoms with E-state index >= 15 is 0 Å². The van der Waals surface area contributed by atoms with Crippen LogP contribution in [0.4, 0.5) is 4.79 Å². The first kappa shape index (κ1) is 15.6. The van der Waals surface area contributed by atoms with Gasteiger partial charge in [-0.1, -0.05) is 0 Å². The van der Waals surface area contributed by atoms with Crippen molar-refractivity contribution in [3.63, 3.8) is 0 Å². The van der Waals surface area contributed by atoms with Gasteiger partial charge in [0.1, 0.15) is 0 Å². The predicted octanol–water partition coefficient (Wildman–Crippen LogP) is -0.772. The summed E-state index contributed by atoms with van der Waals surface area (Å²) >= 11 is 0. The number of piperidine rings is 1. The summed E-state index contributed by atoms with van der Waals surface area (Å²) in [5.74, 6) is -0.550. The molecule has 0 aromatic rings. The summed E-state index contributed by atoms with van der Waals surface area (Å²) in [5.41, 5.74) is 0. The van der Waals surface area contributed by atoms with Gasteiger partial charge >= 0.3 is 6.09 Å². The summed E-state index contributed by atoms with van der Waals surface area (Å²) in [4.78, 5) is 37.7. The van der Waals surface area contributed by atoms with Crippen LogP contribution >= 0.6 is 0 Å². The predicted molar refractivity (Wildman–Crippen MR) is 72.6 cm³/mol. The van der Waals surface area contributed by atoms with Gasteiger partial charge in [-0.2, -0.15) is 0 Å². The lowest BCUT2D eigenvalue weighted by Crippen LogP contribution is -2.58. The Morgan fingerprint density at radius 1 is 1.19 bits per heavy atom. The number of carbonyl (C=O) groups excluding carboxylic acids is 2. The minimum absolute atomic E-state index is 0.0197. The van der Waals surface area contributed by atoms with Crippen LogP contribution in [0, 0.1) is 0 Å². The smallest absolute Gasteiger partial charge is 0.405 e. The van der Waals surface area contributed by atoms with Gasteiger partial charge in [0.05, 0.1) is 6.04 Å². The van der Waals surface area contributed by atoms with Crippen molar-refractivity contribution < 1.29 is 24.6 Å². The molecule has 2 fully saturated rings. The zero-order chi connectivity index (χ0) is 15.4. The average Bonchev–Trinajstić information content (AvgIpc) is 2.37. The van der Waals surface area contributed by atoms with E-state index in [1.54, 1.807) is 0 Å². The number of aliphatic hydroxyl groups excluding tert-OH is 1. The molecule has 0 aromatic heterocycles. The number of aliphatic hydroxyl groups is 1. The van der Waals surface area contributed by atoms with Crippen LogP contribution in [-0.4, -0.2) is 76.2 Å². The Labute approximate surface area is 122 Å². The molecule has 21 heavy (non-hydrogen) atoms. The number of nitrogens with one attached hydrogen (secondary N) is 1. The first-order valence-electron chi connectivity index (χ1n) is 7.23. The van der Waals surface area contributed by atoms with Crippen LogP contribution in [0.1, 0.15) is 25.7 Å². The quantitative estimate of drug-likeness (QED) is 0.617. The Balaban J connectivity index is 2.00. The third-order valence-corrected chi connectivity index (χ3v) is 3.95. The molecule has 0 spiro atoms. The Kier molecular flexibility index (Phi) is 5.00. The average molecular weight is 299 g/mol. The molecule has 2 rings (SSSR count). The minimum Gasteiger partial charge on any atom is -0.465 e. The minimum atomic E-state index is -1.46. The van der Waals surface area contributed by atoms with Gasteiger partial charge in [-0.3, -0.25) is 9.59 Å². The highest BCUT2D eigenvalue weighted by molar-refractivity contribution is 5.83. The van der Waals surface area contributed by atoms with E-state index in [9.17, 15) is 19.5 Å². The summed E-state index contributed by atoms with van der Waals surface area (Å²) in [6, 6.07) is -1.00. The van der Waals surface area contributed by atoms with Gasteiger partial charge in [0, 0.05) is 32.6 Å². The normalized spacial score (nSPS) is 21.5. The molecule has 0 radical (unpaired) electrons. The van der Waals surface area contributed by atoms with Crippen molar-refractivity contribution in [3.8, 4) is 0 Å². The van der Waals surface area contributed by atoms with Crippen LogP contribution in [0.3, 0.4) is 0 Å². The molecular formula is C13H21N3O5. The molecular weight excluding hydrogens is 278 g/mol. The van der Waals surface area contributed by atoms with Gasteiger partial charge in [-0.15, -0.1) is 0 Å². The van der Waals surface area contributed by atoms with Crippen molar-refractivity contribution in [1.82, 2.24) is 15.1 Å². The maximum atomic E-state index is 12.0. The van der Waals surface area contributed by atoms with Crippen LogP contribution in [-0.2, 0) is 9.59 Å². The molecule has 8 nitrogen and oxygen atoms in total. The van der Waals surface area contributed by atoms with E-state index in [4.69, 9.17) is 5.11 Å². The molecule has 2 saturated heterocycles. The molecule has 8 heteroatoms. The molecule has 0 bridgehead atoms. The van der Waals surface area contributed by atoms with Gasteiger partial charge in [0.15, 0.2) is 6.10 Å². The second-order valence-corrected chi connectivity index (χ2v) is 5.48. The van der Waals surface area contributed by atoms with Crippen molar-refractivity contribution in [3.05, 3.63) is 0 Å². The van der Waals surface area contributed by atoms with Gasteiger partial charge in [-0.05, 0) is 19.3 Å². The van der Waals surface area contributed by atoms with Crippen molar-refractivity contribution >= 4 is 17.9 Å². The van der Waals surface area contributed by atoms with E-state index in [0.29, 0.717) is 26.1 Å². The second kappa shape index (κ2) is 6.75. The standard InChI is InChI=1S/C13H21N3O5/c17-10-4-1-2-5-16(10)8-9(14-13(20)21)11(18)12(19)15-6-3-7-15/h9,11,14,18H,1-8H2,(H,20,21)/t9-,11?/m0/s1. The number of hydrogen-bond donors (Lipinski definition) is 3. The maximum absolute atomic E-state index is 12.0. The van der Waals surface area contributed by atoms with Crippen LogP contribution in [0.15, 0.2) is 0 Å². The van der Waals surface area contributed by atoms with E-state index in [1.165, 1.54) is 9.80 Å². The van der Waals surface area contributed by atoms with E-state index in [-0.39, 0.29) is 12.5 Å². The molecule has 0 aliphatic carbocycles. The molecule has 0 aromatic carbocycles. The van der Waals surface area contributed by atoms with Gasteiger partial charge < -0.3 is 25.3 Å². The molecule has 0 saturated carbocycles. The number of rotatable bonds is 5. The number of likely N-dealkylation sites (tertiary alicyclic amines) is 2. The molecule has 1 unspecified atom stereocenters. The summed E-state index contributed by atoms with van der Waals surface area (Å²) in [6.07, 6.45) is 0.204. The second-order valence-electron chi connectivity index (χ2n) is 5.48. The number of hydrogen-bond acceptors (Lipinski definition) is 4. The van der Waals surface area contributed by atoms with Crippen LogP contribution in [0.5, 0.6) is 0 Å². The van der Waals surface area contributed by atoms with E-state index in [1.807, 2.05) is 0 Å². The molecule has 2 aliphatic rings. The zero-order valence-corrected chi connectivity index (χ0v) is 11.8. The molecule has 3 N–H and O–H groups in total. The van der Waals surface area contributed by atoms with Crippen LogP contribution < -0.4 is 5.32 Å². The van der Waals surface area contributed by atoms with E-state index in [0.717, 1.165) is 19.3 Å². The fraction of sp³-hybridized carbons (Fsp3) is 0.769. The number of amides is 3. The largest absolute Gasteiger partial charge is 0.465 e. The Morgan fingerprint density at radius 3 is 2.43 bits per heavy atom. The van der Waals surface area contributed by atoms with E-state index in [2.05, 4.69) is 5.32 Å². The Morgan fingerprint density at radius 2 is 1.90 bits per heavy atom. The lowest BCUT2D eigenvalue weighted by molar-refractivity contribution is -0.146. The fourth-order valence-corrected chi connectivity index (χ4v) is 2.57. The Hall–Kier alpha value is -1.83. The van der Waals surface area contributed by atoms with Crippen molar-refractivity contribution in [2.24, 2.45) is 0 Å². The summed E-state index contributed by atoms with van der Waals surface area (Å²) in [5, 5.41) is 21.1. The third kappa shape index (κ3) is 3.84. The number of carboxylic acid groups (broad SMARTS) is 1. The SMILES string of the molecule is O=C(O)N[C@@H](CN1CCCCC1=O)C(O)C(=O)N1CCC1. The lowest BCUT2D eigenvalue weighted by atomic mass is 10.0. The Bertz CT molecular complexity index is 424. The third-order valence-electron chi connectivity index (χ3n) is 3.95. The van der Waals surface area contributed by atoms with Crippen molar-refractivity contribution in [2.75, 3.05) is 26.2 Å². The number of carbonyl (C=O) groups is 3. The summed E-state index contributed by atoms with van der Waals surface area (Å²) in [7, 11) is 0. The highest BCUT2D eigenvalue weighted by Gasteiger charge is 2.35. The van der Waals surface area contributed by atoms with Crippen molar-refractivity contribution in [1.29, 1.82) is 0 Å². The molecule has 118 valence electrons. The first-order chi connectivity index (χ1) is 9.99. The fourth-order valence-electron chi connectivity index (χ4n) is 2.57. The first-order valence-corrected chi connectivity index (χ1v) is 7.23. The van der Waals surface area contributed by atoms with Crippen molar-refractivity contribution in [2.45, 2.75) is 37.8 Å². The molecule has 2 aliphatic heterocycles. The summed E-state index contributed by atoms with van der Waals surface area (Å²) in [6.45, 7) is 1.71. The van der Waals surface area contributed by atoms with Crippen LogP contribution in [0.2, 0.25) is 0 Å². The van der Waals surface area contributed by atoms with Gasteiger partial charge in [0.2, 0.25) is 5.91 Å². The topological polar surface area (TPSA) is 110 Å². The lowest BCUT2D eigenvalue weighted by Gasteiger charge is -2.36. The molecule has 2 atom stereocenters. The monoisotopic (exact) mass is 299 g/mol. The van der Waals surface area contributed by atoms with E-state index < -0.39 is 24.1 Å².